The average Bonchev–Trinajstić information content (AvgIpc) is 2.91. The van der Waals surface area contributed by atoms with E-state index in [4.69, 9.17) is 15.2 Å². The minimum absolute atomic E-state index is 0.300. The number of aryl methyl sites for hydroxylation is 1. The molecule has 1 spiro atoms. The molecule has 2 fully saturated rings. The van der Waals surface area contributed by atoms with Crippen LogP contribution in [0.2, 0.25) is 0 Å². The second kappa shape index (κ2) is 5.82. The molecule has 0 bridgehead atoms. The van der Waals surface area contributed by atoms with Crippen molar-refractivity contribution in [2.75, 3.05) is 32.8 Å². The molecule has 2 heterocycles. The molecule has 1 unspecified atom stereocenters. The lowest BCUT2D eigenvalue weighted by Crippen LogP contribution is -2.47. The van der Waals surface area contributed by atoms with Gasteiger partial charge in [-0.25, -0.2) is 0 Å². The van der Waals surface area contributed by atoms with E-state index in [-0.39, 0.29) is 5.79 Å². The van der Waals surface area contributed by atoms with Gasteiger partial charge in [0.25, 0.3) is 0 Å². The zero-order valence-electron chi connectivity index (χ0n) is 12.2. The number of ether oxygens (including phenoxy) is 2. The first-order valence-corrected chi connectivity index (χ1v) is 7.51. The molecule has 0 amide bonds. The minimum Gasteiger partial charge on any atom is -0.347 e. The maximum Gasteiger partial charge on any atom is 0.170 e. The van der Waals surface area contributed by atoms with Crippen molar-refractivity contribution in [3.63, 3.8) is 0 Å². The SMILES string of the molecule is Cc1cccc(C(CN)N2CCC3(CC2)OCCO3)c1. The topological polar surface area (TPSA) is 47.7 Å². The zero-order chi connectivity index (χ0) is 14.0. The van der Waals surface area contributed by atoms with Crippen LogP contribution in [0.25, 0.3) is 0 Å². The lowest BCUT2D eigenvalue weighted by Gasteiger charge is -2.41. The quantitative estimate of drug-likeness (QED) is 0.915. The molecule has 110 valence electrons. The average molecular weight is 276 g/mol. The summed E-state index contributed by atoms with van der Waals surface area (Å²) in [7, 11) is 0. The van der Waals surface area contributed by atoms with Gasteiger partial charge in [0, 0.05) is 38.5 Å². The summed E-state index contributed by atoms with van der Waals surface area (Å²) in [6.45, 7) is 6.21. The summed E-state index contributed by atoms with van der Waals surface area (Å²) >= 11 is 0. The van der Waals surface area contributed by atoms with Crippen LogP contribution in [-0.4, -0.2) is 43.5 Å². The van der Waals surface area contributed by atoms with E-state index in [9.17, 15) is 0 Å². The molecule has 2 N–H and O–H groups in total. The Morgan fingerprint density at radius 2 is 1.95 bits per heavy atom. The Hall–Kier alpha value is -0.940. The number of nitrogens with two attached hydrogens (primary N) is 1. The molecule has 2 saturated heterocycles. The Bertz CT molecular complexity index is 448. The van der Waals surface area contributed by atoms with Gasteiger partial charge in [-0.1, -0.05) is 29.8 Å². The maximum atomic E-state index is 6.03. The molecule has 3 rings (SSSR count). The molecule has 0 aliphatic carbocycles. The number of nitrogens with zero attached hydrogens (tertiary/aromatic N) is 1. The molecule has 20 heavy (non-hydrogen) atoms. The molecule has 4 heteroatoms. The fourth-order valence-electron chi connectivity index (χ4n) is 3.34. The van der Waals surface area contributed by atoms with Crippen molar-refractivity contribution in [1.82, 2.24) is 4.90 Å². The van der Waals surface area contributed by atoms with Gasteiger partial charge in [0.2, 0.25) is 0 Å². The number of piperidine rings is 1. The van der Waals surface area contributed by atoms with Gasteiger partial charge >= 0.3 is 0 Å². The smallest absolute Gasteiger partial charge is 0.170 e. The van der Waals surface area contributed by atoms with Crippen LogP contribution in [0, 0.1) is 6.92 Å². The molecule has 1 aromatic carbocycles. The second-order valence-corrected chi connectivity index (χ2v) is 5.81. The van der Waals surface area contributed by atoms with Gasteiger partial charge in [0.15, 0.2) is 5.79 Å². The summed E-state index contributed by atoms with van der Waals surface area (Å²) in [5.74, 6) is -0.303. The van der Waals surface area contributed by atoms with Gasteiger partial charge in [-0.15, -0.1) is 0 Å². The van der Waals surface area contributed by atoms with Crippen molar-refractivity contribution in [3.8, 4) is 0 Å². The van der Waals surface area contributed by atoms with Crippen LogP contribution in [0.1, 0.15) is 30.0 Å². The van der Waals surface area contributed by atoms with Crippen LogP contribution in [0.15, 0.2) is 24.3 Å². The van der Waals surface area contributed by atoms with Gasteiger partial charge in [0.1, 0.15) is 0 Å². The summed E-state index contributed by atoms with van der Waals surface area (Å²) in [6.07, 6.45) is 1.88. The van der Waals surface area contributed by atoms with Gasteiger partial charge in [0.05, 0.1) is 13.2 Å². The van der Waals surface area contributed by atoms with Crippen LogP contribution in [0.4, 0.5) is 0 Å². The van der Waals surface area contributed by atoms with E-state index in [2.05, 4.69) is 36.1 Å². The molecular formula is C16H24N2O2. The summed E-state index contributed by atoms with van der Waals surface area (Å²) in [5, 5.41) is 0. The van der Waals surface area contributed by atoms with Crippen LogP contribution in [0.3, 0.4) is 0 Å². The van der Waals surface area contributed by atoms with E-state index in [0.717, 1.165) is 39.1 Å². The van der Waals surface area contributed by atoms with Crippen molar-refractivity contribution in [1.29, 1.82) is 0 Å². The van der Waals surface area contributed by atoms with Gasteiger partial charge < -0.3 is 15.2 Å². The Labute approximate surface area is 120 Å². The van der Waals surface area contributed by atoms with E-state index in [0.29, 0.717) is 12.6 Å². The van der Waals surface area contributed by atoms with Crippen LogP contribution in [-0.2, 0) is 9.47 Å². The summed E-state index contributed by atoms with van der Waals surface area (Å²) < 4.78 is 11.6. The van der Waals surface area contributed by atoms with E-state index in [1.807, 2.05) is 0 Å². The number of hydrogen-bond acceptors (Lipinski definition) is 4. The molecule has 1 atom stereocenters. The third-order valence-electron chi connectivity index (χ3n) is 4.46. The Balaban J connectivity index is 1.69. The van der Waals surface area contributed by atoms with Crippen molar-refractivity contribution in [3.05, 3.63) is 35.4 Å². The number of rotatable bonds is 3. The molecule has 1 aromatic rings. The number of likely N-dealkylation sites (tertiary alicyclic amines) is 1. The number of benzene rings is 1. The van der Waals surface area contributed by atoms with Crippen molar-refractivity contribution < 1.29 is 9.47 Å². The first-order chi connectivity index (χ1) is 9.72. The molecule has 4 nitrogen and oxygen atoms in total. The van der Waals surface area contributed by atoms with E-state index < -0.39 is 0 Å². The van der Waals surface area contributed by atoms with Crippen LogP contribution >= 0.6 is 0 Å². The molecule has 0 radical (unpaired) electrons. The summed E-state index contributed by atoms with van der Waals surface area (Å²) in [4.78, 5) is 2.46. The second-order valence-electron chi connectivity index (χ2n) is 5.81. The Morgan fingerprint density at radius 1 is 1.25 bits per heavy atom. The zero-order valence-corrected chi connectivity index (χ0v) is 12.2. The van der Waals surface area contributed by atoms with Crippen molar-refractivity contribution in [2.24, 2.45) is 5.73 Å². The number of hydrogen-bond donors (Lipinski definition) is 1. The van der Waals surface area contributed by atoms with E-state index in [1.165, 1.54) is 11.1 Å². The first kappa shape index (κ1) is 14.0. The van der Waals surface area contributed by atoms with Crippen LogP contribution < -0.4 is 5.73 Å². The maximum absolute atomic E-state index is 6.03. The summed E-state index contributed by atoms with van der Waals surface area (Å²) in [6, 6.07) is 8.96. The predicted molar refractivity (Wildman–Crippen MR) is 78.4 cm³/mol. The highest BCUT2D eigenvalue weighted by atomic mass is 16.7. The predicted octanol–water partition coefficient (Wildman–Crippen LogP) is 1.83. The lowest BCUT2D eigenvalue weighted by molar-refractivity contribution is -0.187. The highest BCUT2D eigenvalue weighted by Gasteiger charge is 2.41. The largest absolute Gasteiger partial charge is 0.347 e. The van der Waals surface area contributed by atoms with Gasteiger partial charge in [-0.05, 0) is 12.5 Å². The molecular weight excluding hydrogens is 252 g/mol. The first-order valence-electron chi connectivity index (χ1n) is 7.51. The molecule has 0 saturated carbocycles. The minimum atomic E-state index is -0.303. The van der Waals surface area contributed by atoms with E-state index >= 15 is 0 Å². The summed E-state index contributed by atoms with van der Waals surface area (Å²) in [5.41, 5.74) is 8.63. The highest BCUT2D eigenvalue weighted by Crippen LogP contribution is 2.34. The van der Waals surface area contributed by atoms with Gasteiger partial charge in [-0.3, -0.25) is 4.90 Å². The van der Waals surface area contributed by atoms with E-state index in [1.54, 1.807) is 0 Å². The molecule has 0 aromatic heterocycles. The third kappa shape index (κ3) is 2.74. The van der Waals surface area contributed by atoms with Crippen LogP contribution in [0.5, 0.6) is 0 Å². The Kier molecular flexibility index (Phi) is 4.08. The molecule has 2 aliphatic rings. The monoisotopic (exact) mass is 276 g/mol. The van der Waals surface area contributed by atoms with Crippen molar-refractivity contribution >= 4 is 0 Å². The fourth-order valence-corrected chi connectivity index (χ4v) is 3.34. The Morgan fingerprint density at radius 3 is 2.55 bits per heavy atom. The van der Waals surface area contributed by atoms with Crippen molar-refractivity contribution in [2.45, 2.75) is 31.6 Å². The highest BCUT2D eigenvalue weighted by molar-refractivity contribution is 5.25. The third-order valence-corrected chi connectivity index (χ3v) is 4.46. The normalized spacial score (nSPS) is 24.1. The van der Waals surface area contributed by atoms with Gasteiger partial charge in [-0.2, -0.15) is 0 Å². The molecule has 2 aliphatic heterocycles. The fraction of sp³-hybridized carbons (Fsp3) is 0.625. The standard InChI is InChI=1S/C16H24N2O2/c1-13-3-2-4-14(11-13)15(12-17)18-7-5-16(6-8-18)19-9-10-20-16/h2-4,11,15H,5-10,12,17H2,1H3. The lowest BCUT2D eigenvalue weighted by atomic mass is 9.97.